The first kappa shape index (κ1) is 17.1. The fourth-order valence-corrected chi connectivity index (χ4v) is 3.81. The molecule has 1 N–H and O–H groups in total. The van der Waals surface area contributed by atoms with E-state index in [4.69, 9.17) is 0 Å². The minimum atomic E-state index is 0.518. The normalized spacial score (nSPS) is 11.5. The van der Waals surface area contributed by atoms with Gasteiger partial charge in [-0.25, -0.2) is 4.98 Å². The monoisotopic (exact) mass is 367 g/mol. The van der Waals surface area contributed by atoms with Gasteiger partial charge in [0.15, 0.2) is 0 Å². The first-order valence-electron chi connectivity index (χ1n) is 8.63. The molecule has 0 saturated carbocycles. The molecule has 0 aliphatic heterocycles. The van der Waals surface area contributed by atoms with Crippen LogP contribution in [0.3, 0.4) is 0 Å². The third kappa shape index (κ3) is 3.79. The van der Waals surface area contributed by atoms with Crippen molar-refractivity contribution in [2.24, 2.45) is 0 Å². The summed E-state index contributed by atoms with van der Waals surface area (Å²) in [7, 11) is 0. The van der Waals surface area contributed by atoms with Crippen molar-refractivity contribution < 1.29 is 0 Å². The maximum atomic E-state index is 9.72. The van der Waals surface area contributed by atoms with Crippen molar-refractivity contribution in [3.05, 3.63) is 89.7 Å². The Morgan fingerprint density at radius 3 is 2.63 bits per heavy atom. The second-order valence-corrected chi connectivity index (χ2v) is 7.34. The standard InChI is InChI=1S/C23H17N3S/c1-16-11-12-20-21(13-16)26-23(25-20)18(15-24)14-17-7-5-6-10-22(17)27-19-8-3-2-4-9-19/h2-14H,1H3,(H,25,26). The van der Waals surface area contributed by atoms with Crippen LogP contribution in [0.5, 0.6) is 0 Å². The first-order chi connectivity index (χ1) is 13.2. The van der Waals surface area contributed by atoms with Crippen LogP contribution in [0, 0.1) is 18.3 Å². The number of aromatic amines is 1. The summed E-state index contributed by atoms with van der Waals surface area (Å²) < 4.78 is 0. The Labute approximate surface area is 162 Å². The third-order valence-corrected chi connectivity index (χ3v) is 5.30. The van der Waals surface area contributed by atoms with E-state index in [-0.39, 0.29) is 0 Å². The van der Waals surface area contributed by atoms with Gasteiger partial charge >= 0.3 is 0 Å². The summed E-state index contributed by atoms with van der Waals surface area (Å²) in [4.78, 5) is 10.1. The number of benzene rings is 3. The van der Waals surface area contributed by atoms with Gasteiger partial charge < -0.3 is 4.98 Å². The second kappa shape index (κ2) is 7.53. The van der Waals surface area contributed by atoms with E-state index in [1.165, 1.54) is 0 Å². The molecule has 0 saturated heterocycles. The number of fused-ring (bicyclic) bond motifs is 1. The van der Waals surface area contributed by atoms with Crippen LogP contribution in [0.2, 0.25) is 0 Å². The van der Waals surface area contributed by atoms with Gasteiger partial charge in [0.2, 0.25) is 0 Å². The summed E-state index contributed by atoms with van der Waals surface area (Å²) in [5, 5.41) is 9.72. The van der Waals surface area contributed by atoms with Crippen molar-refractivity contribution in [3.8, 4) is 6.07 Å². The predicted octanol–water partition coefficient (Wildman–Crippen LogP) is 6.09. The van der Waals surface area contributed by atoms with E-state index in [1.807, 2.05) is 67.6 Å². The summed E-state index contributed by atoms with van der Waals surface area (Å²) in [6.07, 6.45) is 1.90. The second-order valence-electron chi connectivity index (χ2n) is 6.23. The van der Waals surface area contributed by atoms with E-state index in [0.717, 1.165) is 32.0 Å². The number of nitrogens with zero attached hydrogens (tertiary/aromatic N) is 2. The van der Waals surface area contributed by atoms with Crippen LogP contribution in [-0.4, -0.2) is 9.97 Å². The van der Waals surface area contributed by atoms with Crippen LogP contribution < -0.4 is 0 Å². The number of rotatable bonds is 4. The quantitative estimate of drug-likeness (QED) is 0.444. The molecule has 0 spiro atoms. The average Bonchev–Trinajstić information content (AvgIpc) is 3.11. The van der Waals surface area contributed by atoms with Crippen molar-refractivity contribution in [2.45, 2.75) is 16.7 Å². The van der Waals surface area contributed by atoms with Gasteiger partial charge in [0.1, 0.15) is 11.9 Å². The van der Waals surface area contributed by atoms with Gasteiger partial charge in [-0.3, -0.25) is 0 Å². The molecule has 0 amide bonds. The van der Waals surface area contributed by atoms with Crippen LogP contribution in [0.25, 0.3) is 22.7 Å². The minimum absolute atomic E-state index is 0.518. The minimum Gasteiger partial charge on any atom is -0.337 e. The van der Waals surface area contributed by atoms with Crippen molar-refractivity contribution >= 4 is 34.4 Å². The third-order valence-electron chi connectivity index (χ3n) is 4.20. The van der Waals surface area contributed by atoms with E-state index in [1.54, 1.807) is 11.8 Å². The van der Waals surface area contributed by atoms with Crippen molar-refractivity contribution in [1.29, 1.82) is 5.26 Å². The van der Waals surface area contributed by atoms with E-state index >= 15 is 0 Å². The van der Waals surface area contributed by atoms with Gasteiger partial charge in [-0.05, 0) is 54.5 Å². The summed E-state index contributed by atoms with van der Waals surface area (Å²) in [6.45, 7) is 2.04. The molecular weight excluding hydrogens is 350 g/mol. The molecule has 27 heavy (non-hydrogen) atoms. The molecule has 1 aromatic heterocycles. The summed E-state index contributed by atoms with van der Waals surface area (Å²) in [6, 6.07) is 26.6. The lowest BCUT2D eigenvalue weighted by Crippen LogP contribution is -1.86. The molecule has 130 valence electrons. The maximum Gasteiger partial charge on any atom is 0.149 e. The highest BCUT2D eigenvalue weighted by Gasteiger charge is 2.10. The lowest BCUT2D eigenvalue weighted by atomic mass is 10.1. The topological polar surface area (TPSA) is 52.5 Å². The zero-order valence-corrected chi connectivity index (χ0v) is 15.6. The number of H-pyrrole nitrogens is 1. The molecule has 0 atom stereocenters. The Morgan fingerprint density at radius 2 is 1.81 bits per heavy atom. The molecule has 4 aromatic rings. The number of allylic oxidation sites excluding steroid dienone is 1. The first-order valence-corrected chi connectivity index (χ1v) is 9.45. The lowest BCUT2D eigenvalue weighted by molar-refractivity contribution is 1.27. The van der Waals surface area contributed by atoms with Gasteiger partial charge in [0.05, 0.1) is 16.6 Å². The van der Waals surface area contributed by atoms with Crippen molar-refractivity contribution in [3.63, 3.8) is 0 Å². The molecule has 0 aliphatic carbocycles. The van der Waals surface area contributed by atoms with Crippen molar-refractivity contribution in [2.75, 3.05) is 0 Å². The van der Waals surface area contributed by atoms with Crippen LogP contribution >= 0.6 is 11.8 Å². The number of hydrogen-bond acceptors (Lipinski definition) is 3. The Bertz CT molecular complexity index is 1170. The maximum absolute atomic E-state index is 9.72. The smallest absolute Gasteiger partial charge is 0.149 e. The summed E-state index contributed by atoms with van der Waals surface area (Å²) in [5.41, 5.74) is 4.48. The molecule has 0 fully saturated rings. The van der Waals surface area contributed by atoms with Gasteiger partial charge in [0, 0.05) is 9.79 Å². The number of aryl methyl sites for hydroxylation is 1. The Kier molecular flexibility index (Phi) is 4.78. The van der Waals surface area contributed by atoms with Crippen molar-refractivity contribution in [1.82, 2.24) is 9.97 Å². The molecule has 4 heteroatoms. The molecule has 3 nitrogen and oxygen atoms in total. The van der Waals surface area contributed by atoms with Gasteiger partial charge in [-0.1, -0.05) is 54.2 Å². The number of imidazole rings is 1. The molecule has 0 radical (unpaired) electrons. The van der Waals surface area contributed by atoms with Gasteiger partial charge in [0.25, 0.3) is 0 Å². The Balaban J connectivity index is 1.73. The van der Waals surface area contributed by atoms with E-state index in [9.17, 15) is 5.26 Å². The molecule has 3 aromatic carbocycles. The number of hydrogen-bond donors (Lipinski definition) is 1. The molecule has 0 bridgehead atoms. The lowest BCUT2D eigenvalue weighted by Gasteiger charge is -2.06. The van der Waals surface area contributed by atoms with E-state index in [2.05, 4.69) is 34.2 Å². The highest BCUT2D eigenvalue weighted by molar-refractivity contribution is 7.99. The van der Waals surface area contributed by atoms with E-state index < -0.39 is 0 Å². The predicted molar refractivity (Wildman–Crippen MR) is 111 cm³/mol. The zero-order chi connectivity index (χ0) is 18.6. The molecule has 4 rings (SSSR count). The molecule has 0 aliphatic rings. The number of aromatic nitrogens is 2. The van der Waals surface area contributed by atoms with Crippen LogP contribution in [-0.2, 0) is 0 Å². The Hall–Kier alpha value is -3.29. The van der Waals surface area contributed by atoms with E-state index in [0.29, 0.717) is 11.4 Å². The van der Waals surface area contributed by atoms with Crippen LogP contribution in [0.1, 0.15) is 17.0 Å². The van der Waals surface area contributed by atoms with Gasteiger partial charge in [-0.2, -0.15) is 5.26 Å². The van der Waals surface area contributed by atoms with Crippen LogP contribution in [0.4, 0.5) is 0 Å². The molecular formula is C23H17N3S. The fourth-order valence-electron chi connectivity index (χ4n) is 2.87. The number of nitrogens with one attached hydrogen (secondary N) is 1. The Morgan fingerprint density at radius 1 is 1.04 bits per heavy atom. The highest BCUT2D eigenvalue weighted by atomic mass is 32.2. The highest BCUT2D eigenvalue weighted by Crippen LogP contribution is 2.32. The summed E-state index contributed by atoms with van der Waals surface area (Å²) in [5.74, 6) is 0.595. The average molecular weight is 367 g/mol. The summed E-state index contributed by atoms with van der Waals surface area (Å²) >= 11 is 1.68. The zero-order valence-electron chi connectivity index (χ0n) is 14.8. The van der Waals surface area contributed by atoms with Crippen LogP contribution in [0.15, 0.2) is 82.6 Å². The molecule has 0 unspecified atom stereocenters. The number of nitriles is 1. The SMILES string of the molecule is Cc1ccc2nc(C(C#N)=Cc3ccccc3Sc3ccccc3)[nH]c2c1. The largest absolute Gasteiger partial charge is 0.337 e. The van der Waals surface area contributed by atoms with Gasteiger partial charge in [-0.15, -0.1) is 0 Å². The fraction of sp³-hybridized carbons (Fsp3) is 0.0435. The molecule has 1 heterocycles.